The Morgan fingerprint density at radius 1 is 1.20 bits per heavy atom. The van der Waals surface area contributed by atoms with E-state index in [1.807, 2.05) is 24.3 Å². The molecule has 0 radical (unpaired) electrons. The van der Waals surface area contributed by atoms with Crippen LogP contribution in [-0.2, 0) is 14.3 Å². The number of anilines is 1. The van der Waals surface area contributed by atoms with Gasteiger partial charge < -0.3 is 9.64 Å². The molecular formula is C10H8BrNO3. The first-order valence-corrected chi connectivity index (χ1v) is 5.18. The number of cyclic esters (lactones) is 2. The summed E-state index contributed by atoms with van der Waals surface area (Å²) in [5.41, 5.74) is 0.828. The smallest absolute Gasteiger partial charge is 0.333 e. The van der Waals surface area contributed by atoms with Crippen molar-refractivity contribution < 1.29 is 14.3 Å². The van der Waals surface area contributed by atoms with Crippen LogP contribution in [0.5, 0.6) is 0 Å². The Labute approximate surface area is 94.9 Å². The number of ether oxygens (including phenoxy) is 1. The van der Waals surface area contributed by atoms with Crippen molar-refractivity contribution in [2.45, 2.75) is 0 Å². The first kappa shape index (κ1) is 10.2. The quantitative estimate of drug-likeness (QED) is 0.570. The summed E-state index contributed by atoms with van der Waals surface area (Å²) < 4.78 is 5.35. The molecule has 5 heteroatoms. The number of benzene rings is 1. The maximum atomic E-state index is 11.0. The molecule has 78 valence electrons. The number of carbonyl (C=O) groups is 2. The minimum Gasteiger partial charge on any atom is -0.390 e. The van der Waals surface area contributed by atoms with E-state index < -0.39 is 11.9 Å². The lowest BCUT2D eigenvalue weighted by Gasteiger charge is -2.26. The molecule has 1 saturated heterocycles. The Hall–Kier alpha value is -1.36. The van der Waals surface area contributed by atoms with Gasteiger partial charge in [0.2, 0.25) is 0 Å². The molecule has 0 atom stereocenters. The Balaban J connectivity index is 2.23. The molecule has 1 fully saturated rings. The van der Waals surface area contributed by atoms with E-state index in [1.54, 1.807) is 4.90 Å². The second-order valence-corrected chi connectivity index (χ2v) is 4.10. The van der Waals surface area contributed by atoms with Crippen LogP contribution in [0, 0.1) is 0 Å². The van der Waals surface area contributed by atoms with Gasteiger partial charge in [-0.3, -0.25) is 0 Å². The number of morpholine rings is 1. The van der Waals surface area contributed by atoms with Crippen LogP contribution in [0.2, 0.25) is 0 Å². The summed E-state index contributed by atoms with van der Waals surface area (Å²) in [4.78, 5) is 23.8. The third-order valence-corrected chi connectivity index (χ3v) is 2.53. The number of halogens is 1. The molecule has 1 aromatic carbocycles. The number of esters is 2. The van der Waals surface area contributed by atoms with Gasteiger partial charge in [-0.15, -0.1) is 0 Å². The fraction of sp³-hybridized carbons (Fsp3) is 0.200. The predicted molar refractivity (Wildman–Crippen MR) is 57.5 cm³/mol. The van der Waals surface area contributed by atoms with E-state index in [4.69, 9.17) is 0 Å². The molecule has 0 aliphatic carbocycles. The third-order valence-electron chi connectivity index (χ3n) is 2.04. The van der Waals surface area contributed by atoms with Gasteiger partial charge in [0.05, 0.1) is 0 Å². The van der Waals surface area contributed by atoms with Crippen molar-refractivity contribution in [1.82, 2.24) is 0 Å². The van der Waals surface area contributed by atoms with E-state index >= 15 is 0 Å². The standard InChI is InChI=1S/C10H8BrNO3/c11-7-2-1-3-8(4-7)12-5-9(13)15-10(14)6-12/h1-4H,5-6H2. The monoisotopic (exact) mass is 269 g/mol. The molecule has 1 aliphatic heterocycles. The summed E-state index contributed by atoms with van der Waals surface area (Å²) in [6, 6.07) is 7.43. The molecule has 0 aromatic heterocycles. The van der Waals surface area contributed by atoms with Crippen LogP contribution in [0.25, 0.3) is 0 Å². The van der Waals surface area contributed by atoms with Crippen LogP contribution < -0.4 is 4.90 Å². The predicted octanol–water partition coefficient (Wildman–Crippen LogP) is 1.34. The number of hydrogen-bond acceptors (Lipinski definition) is 4. The lowest BCUT2D eigenvalue weighted by molar-refractivity contribution is -0.160. The molecule has 1 heterocycles. The van der Waals surface area contributed by atoms with Gasteiger partial charge in [0.15, 0.2) is 0 Å². The van der Waals surface area contributed by atoms with Crippen molar-refractivity contribution in [3.8, 4) is 0 Å². The Bertz CT molecular complexity index is 403. The van der Waals surface area contributed by atoms with Gasteiger partial charge in [-0.1, -0.05) is 22.0 Å². The van der Waals surface area contributed by atoms with Crippen molar-refractivity contribution in [3.63, 3.8) is 0 Å². The zero-order valence-electron chi connectivity index (χ0n) is 7.77. The second kappa shape index (κ2) is 4.02. The summed E-state index contributed by atoms with van der Waals surface area (Å²) in [6.45, 7) is 0.227. The van der Waals surface area contributed by atoms with Crippen molar-refractivity contribution in [3.05, 3.63) is 28.7 Å². The first-order valence-electron chi connectivity index (χ1n) is 4.39. The summed E-state index contributed by atoms with van der Waals surface area (Å²) >= 11 is 3.33. The topological polar surface area (TPSA) is 46.6 Å². The van der Waals surface area contributed by atoms with E-state index in [9.17, 15) is 9.59 Å². The Morgan fingerprint density at radius 3 is 2.47 bits per heavy atom. The largest absolute Gasteiger partial charge is 0.390 e. The molecule has 4 nitrogen and oxygen atoms in total. The average Bonchev–Trinajstić information content (AvgIpc) is 2.16. The van der Waals surface area contributed by atoms with Crippen molar-refractivity contribution in [1.29, 1.82) is 0 Å². The molecule has 0 bridgehead atoms. The highest BCUT2D eigenvalue weighted by atomic mass is 79.9. The molecule has 0 N–H and O–H groups in total. The molecule has 0 spiro atoms. The molecule has 1 aromatic rings. The average molecular weight is 270 g/mol. The molecule has 0 amide bonds. The highest BCUT2D eigenvalue weighted by molar-refractivity contribution is 9.10. The molecule has 1 aliphatic rings. The van der Waals surface area contributed by atoms with Gasteiger partial charge in [0.25, 0.3) is 0 Å². The molecule has 0 unspecified atom stereocenters. The summed E-state index contributed by atoms with van der Waals surface area (Å²) in [5, 5.41) is 0. The SMILES string of the molecule is O=C1CN(c2cccc(Br)c2)CC(=O)O1. The number of carbonyl (C=O) groups excluding carboxylic acids is 2. The first-order chi connectivity index (χ1) is 7.15. The maximum absolute atomic E-state index is 11.0. The van der Waals surface area contributed by atoms with Gasteiger partial charge >= 0.3 is 11.9 Å². The fourth-order valence-corrected chi connectivity index (χ4v) is 1.80. The van der Waals surface area contributed by atoms with Crippen LogP contribution >= 0.6 is 15.9 Å². The Kier molecular flexibility index (Phi) is 2.73. The minimum atomic E-state index is -0.508. The van der Waals surface area contributed by atoms with E-state index in [2.05, 4.69) is 20.7 Å². The van der Waals surface area contributed by atoms with Crippen LogP contribution in [0.1, 0.15) is 0 Å². The van der Waals surface area contributed by atoms with Crippen LogP contribution in [0.3, 0.4) is 0 Å². The van der Waals surface area contributed by atoms with Crippen LogP contribution in [0.4, 0.5) is 5.69 Å². The number of rotatable bonds is 1. The zero-order valence-corrected chi connectivity index (χ0v) is 9.36. The second-order valence-electron chi connectivity index (χ2n) is 3.18. The Morgan fingerprint density at radius 2 is 1.87 bits per heavy atom. The molecule has 2 rings (SSSR count). The van der Waals surface area contributed by atoms with Gasteiger partial charge in [-0.25, -0.2) is 9.59 Å². The van der Waals surface area contributed by atoms with E-state index in [0.29, 0.717) is 0 Å². The van der Waals surface area contributed by atoms with Crippen molar-refractivity contribution in [2.24, 2.45) is 0 Å². The van der Waals surface area contributed by atoms with Gasteiger partial charge in [-0.2, -0.15) is 0 Å². The summed E-state index contributed by atoms with van der Waals surface area (Å²) in [5.74, 6) is -1.02. The van der Waals surface area contributed by atoms with Crippen molar-refractivity contribution >= 4 is 33.6 Å². The molecule has 0 saturated carbocycles. The summed E-state index contributed by atoms with van der Waals surface area (Å²) in [6.07, 6.45) is 0. The highest BCUT2D eigenvalue weighted by Gasteiger charge is 2.24. The van der Waals surface area contributed by atoms with Gasteiger partial charge in [-0.05, 0) is 18.2 Å². The van der Waals surface area contributed by atoms with Crippen LogP contribution in [-0.4, -0.2) is 25.0 Å². The van der Waals surface area contributed by atoms with Crippen molar-refractivity contribution in [2.75, 3.05) is 18.0 Å². The fourth-order valence-electron chi connectivity index (χ4n) is 1.41. The van der Waals surface area contributed by atoms with E-state index in [1.165, 1.54) is 0 Å². The van der Waals surface area contributed by atoms with Crippen LogP contribution in [0.15, 0.2) is 28.7 Å². The molecular weight excluding hydrogens is 262 g/mol. The summed E-state index contributed by atoms with van der Waals surface area (Å²) in [7, 11) is 0. The molecule has 15 heavy (non-hydrogen) atoms. The normalized spacial score (nSPS) is 16.5. The minimum absolute atomic E-state index is 0.113. The number of nitrogens with zero attached hydrogens (tertiary/aromatic N) is 1. The van der Waals surface area contributed by atoms with Gasteiger partial charge in [0, 0.05) is 10.2 Å². The highest BCUT2D eigenvalue weighted by Crippen LogP contribution is 2.20. The maximum Gasteiger partial charge on any atom is 0.333 e. The lowest BCUT2D eigenvalue weighted by Crippen LogP contribution is -2.42. The van der Waals surface area contributed by atoms with E-state index in [0.717, 1.165) is 10.2 Å². The zero-order chi connectivity index (χ0) is 10.8. The van der Waals surface area contributed by atoms with Gasteiger partial charge in [0.1, 0.15) is 13.1 Å². The lowest BCUT2D eigenvalue weighted by atomic mass is 10.2. The van der Waals surface area contributed by atoms with E-state index in [-0.39, 0.29) is 13.1 Å². The number of hydrogen-bond donors (Lipinski definition) is 0. The third kappa shape index (κ3) is 2.36.